The number of aliphatic hydroxyl groups excluding tert-OH is 1. The normalized spacial score (nSPS) is 21.9. The smallest absolute Gasteiger partial charge is 0.191 e. The minimum Gasteiger partial charge on any atom is -0.393 e. The van der Waals surface area contributed by atoms with E-state index < -0.39 is 0 Å². The number of nitrogens with one attached hydrogen (secondary N) is 2. The highest BCUT2D eigenvalue weighted by atomic mass is 127. The number of rotatable bonds is 4. The van der Waals surface area contributed by atoms with Crippen molar-refractivity contribution in [3.63, 3.8) is 0 Å². The second-order valence-corrected chi connectivity index (χ2v) is 5.61. The van der Waals surface area contributed by atoms with Crippen LogP contribution in [0.4, 0.5) is 0 Å². The van der Waals surface area contributed by atoms with Crippen molar-refractivity contribution < 1.29 is 5.11 Å². The van der Waals surface area contributed by atoms with E-state index in [-0.39, 0.29) is 30.1 Å². The highest BCUT2D eigenvalue weighted by Gasteiger charge is 2.19. The van der Waals surface area contributed by atoms with Crippen molar-refractivity contribution in [3.05, 3.63) is 29.6 Å². The van der Waals surface area contributed by atoms with Gasteiger partial charge in [-0.05, 0) is 51.2 Å². The Labute approximate surface area is 150 Å². The van der Waals surface area contributed by atoms with Crippen molar-refractivity contribution >= 4 is 29.9 Å². The maximum Gasteiger partial charge on any atom is 0.191 e. The molecule has 3 N–H and O–H groups in total. The first-order valence-electron chi connectivity index (χ1n) is 7.82. The quantitative estimate of drug-likeness (QED) is 0.399. The highest BCUT2D eigenvalue weighted by molar-refractivity contribution is 14.0. The number of guanidine groups is 1. The number of nitrogens with zero attached hydrogens (tertiary/aromatic N) is 2. The fourth-order valence-electron chi connectivity index (χ4n) is 2.57. The van der Waals surface area contributed by atoms with Gasteiger partial charge >= 0.3 is 0 Å². The first-order chi connectivity index (χ1) is 10.2. The van der Waals surface area contributed by atoms with Gasteiger partial charge < -0.3 is 15.7 Å². The van der Waals surface area contributed by atoms with Crippen LogP contribution in [0.25, 0.3) is 0 Å². The monoisotopic (exact) mass is 418 g/mol. The third-order valence-electron chi connectivity index (χ3n) is 3.89. The number of hydrogen-bond acceptors (Lipinski definition) is 3. The van der Waals surface area contributed by atoms with Crippen LogP contribution >= 0.6 is 24.0 Å². The van der Waals surface area contributed by atoms with Crippen LogP contribution in [0.1, 0.15) is 43.9 Å². The molecule has 0 bridgehead atoms. The van der Waals surface area contributed by atoms with Crippen molar-refractivity contribution in [1.29, 1.82) is 0 Å². The lowest BCUT2D eigenvalue weighted by molar-refractivity contribution is 0.120. The van der Waals surface area contributed by atoms with E-state index in [4.69, 9.17) is 0 Å². The van der Waals surface area contributed by atoms with E-state index in [9.17, 15) is 5.11 Å². The van der Waals surface area contributed by atoms with Crippen LogP contribution in [0.15, 0.2) is 23.3 Å². The van der Waals surface area contributed by atoms with Gasteiger partial charge in [0.25, 0.3) is 0 Å². The topological polar surface area (TPSA) is 69.5 Å². The summed E-state index contributed by atoms with van der Waals surface area (Å²) in [5.74, 6) is 0.837. The molecule has 0 spiro atoms. The molecule has 0 saturated heterocycles. The van der Waals surface area contributed by atoms with Gasteiger partial charge in [-0.15, -0.1) is 24.0 Å². The first kappa shape index (κ1) is 19.2. The Hall–Kier alpha value is -0.890. The van der Waals surface area contributed by atoms with Crippen LogP contribution in [-0.4, -0.2) is 34.7 Å². The molecule has 1 aromatic rings. The van der Waals surface area contributed by atoms with Gasteiger partial charge in [-0.2, -0.15) is 0 Å². The minimum absolute atomic E-state index is 0. The summed E-state index contributed by atoms with van der Waals surface area (Å²) in [7, 11) is 0. The summed E-state index contributed by atoms with van der Waals surface area (Å²) in [5.41, 5.74) is 2.17. The van der Waals surface area contributed by atoms with Crippen LogP contribution in [0.2, 0.25) is 0 Å². The number of halogens is 1. The number of hydrogen-bond donors (Lipinski definition) is 3. The fraction of sp³-hybridized carbons (Fsp3) is 0.625. The molecule has 6 heteroatoms. The lowest BCUT2D eigenvalue weighted by atomic mass is 9.93. The van der Waals surface area contributed by atoms with E-state index >= 15 is 0 Å². The van der Waals surface area contributed by atoms with E-state index in [2.05, 4.69) is 40.5 Å². The van der Waals surface area contributed by atoms with Crippen LogP contribution in [-0.2, 0) is 6.54 Å². The molecule has 1 aromatic heterocycles. The standard InChI is InChI=1S/C16H26N4O.HI/c1-3-17-16(20-13-6-8-14(21)9-7-13)19-11-15-12(2)5-4-10-18-15;/h4-5,10,13-14,21H,3,6-9,11H2,1-2H3,(H2,17,19,20);1H. The van der Waals surface area contributed by atoms with E-state index in [1.165, 1.54) is 0 Å². The Balaban J connectivity index is 0.00000242. The molecule has 0 unspecified atom stereocenters. The number of aliphatic imine (C=N–C) groups is 1. The van der Waals surface area contributed by atoms with Gasteiger partial charge in [0.05, 0.1) is 18.3 Å². The van der Waals surface area contributed by atoms with Crippen molar-refractivity contribution in [2.75, 3.05) is 6.54 Å². The molecule has 1 fully saturated rings. The Kier molecular flexibility index (Phi) is 8.70. The SMILES string of the molecule is CCNC(=NCc1ncccc1C)NC1CCC(O)CC1.I. The van der Waals surface area contributed by atoms with E-state index in [0.717, 1.165) is 49.4 Å². The lowest BCUT2D eigenvalue weighted by Gasteiger charge is -2.27. The zero-order valence-electron chi connectivity index (χ0n) is 13.4. The number of aryl methyl sites for hydroxylation is 1. The number of aromatic nitrogens is 1. The van der Waals surface area contributed by atoms with Crippen LogP contribution in [0.3, 0.4) is 0 Å². The first-order valence-corrected chi connectivity index (χ1v) is 7.82. The predicted octanol–water partition coefficient (Wildman–Crippen LogP) is 2.37. The summed E-state index contributed by atoms with van der Waals surface area (Å²) in [6, 6.07) is 4.40. The van der Waals surface area contributed by atoms with Gasteiger partial charge in [0.15, 0.2) is 5.96 Å². The number of aliphatic hydroxyl groups is 1. The third kappa shape index (κ3) is 6.08. The van der Waals surface area contributed by atoms with E-state index in [1.54, 1.807) is 6.20 Å². The Morgan fingerprint density at radius 2 is 2.09 bits per heavy atom. The van der Waals surface area contributed by atoms with Crippen molar-refractivity contribution in [3.8, 4) is 0 Å². The Morgan fingerprint density at radius 3 is 2.73 bits per heavy atom. The highest BCUT2D eigenvalue weighted by Crippen LogP contribution is 2.18. The molecule has 5 nitrogen and oxygen atoms in total. The molecule has 124 valence electrons. The minimum atomic E-state index is -0.126. The van der Waals surface area contributed by atoms with Gasteiger partial charge in [-0.1, -0.05) is 6.07 Å². The number of pyridine rings is 1. The maximum atomic E-state index is 9.57. The van der Waals surface area contributed by atoms with Crippen molar-refractivity contribution in [1.82, 2.24) is 15.6 Å². The molecule has 1 aliphatic rings. The zero-order valence-corrected chi connectivity index (χ0v) is 15.7. The average molecular weight is 418 g/mol. The molecule has 1 heterocycles. The summed E-state index contributed by atoms with van der Waals surface area (Å²) in [5, 5.41) is 16.3. The largest absolute Gasteiger partial charge is 0.393 e. The van der Waals surface area contributed by atoms with Gasteiger partial charge in [-0.3, -0.25) is 4.98 Å². The molecule has 2 rings (SSSR count). The zero-order chi connectivity index (χ0) is 15.1. The third-order valence-corrected chi connectivity index (χ3v) is 3.89. The van der Waals surface area contributed by atoms with Crippen LogP contribution in [0, 0.1) is 6.92 Å². The second kappa shape index (κ2) is 9.99. The van der Waals surface area contributed by atoms with E-state index in [0.29, 0.717) is 12.6 Å². The van der Waals surface area contributed by atoms with Gasteiger partial charge in [0.2, 0.25) is 0 Å². The molecule has 0 amide bonds. The molecule has 0 aromatic carbocycles. The Bertz CT molecular complexity index is 473. The van der Waals surface area contributed by atoms with Gasteiger partial charge in [0.1, 0.15) is 0 Å². The maximum absolute atomic E-state index is 9.57. The molecule has 0 aliphatic heterocycles. The summed E-state index contributed by atoms with van der Waals surface area (Å²) in [6.45, 7) is 5.54. The molecule has 22 heavy (non-hydrogen) atoms. The lowest BCUT2D eigenvalue weighted by Crippen LogP contribution is -2.45. The molecule has 1 aliphatic carbocycles. The summed E-state index contributed by atoms with van der Waals surface area (Å²) in [6.07, 6.45) is 5.41. The summed E-state index contributed by atoms with van der Waals surface area (Å²) >= 11 is 0. The van der Waals surface area contributed by atoms with Crippen LogP contribution < -0.4 is 10.6 Å². The fourth-order valence-corrected chi connectivity index (χ4v) is 2.57. The van der Waals surface area contributed by atoms with Crippen molar-refractivity contribution in [2.45, 2.75) is 58.2 Å². The van der Waals surface area contributed by atoms with E-state index in [1.807, 2.05) is 6.07 Å². The summed E-state index contributed by atoms with van der Waals surface area (Å²) < 4.78 is 0. The molecular weight excluding hydrogens is 391 g/mol. The van der Waals surface area contributed by atoms with Gasteiger partial charge in [0, 0.05) is 18.8 Å². The molecule has 1 saturated carbocycles. The predicted molar refractivity (Wildman–Crippen MR) is 101 cm³/mol. The average Bonchev–Trinajstić information content (AvgIpc) is 2.49. The molecular formula is C16H27IN4O. The second-order valence-electron chi connectivity index (χ2n) is 5.61. The Morgan fingerprint density at radius 1 is 1.36 bits per heavy atom. The van der Waals surface area contributed by atoms with Crippen molar-refractivity contribution in [2.24, 2.45) is 4.99 Å². The van der Waals surface area contributed by atoms with Gasteiger partial charge in [-0.25, -0.2) is 4.99 Å². The van der Waals surface area contributed by atoms with Crippen LogP contribution in [0.5, 0.6) is 0 Å². The molecule has 0 radical (unpaired) electrons. The molecule has 0 atom stereocenters. The summed E-state index contributed by atoms with van der Waals surface area (Å²) in [4.78, 5) is 9.00.